The van der Waals surface area contributed by atoms with Crippen molar-refractivity contribution in [2.45, 2.75) is 207 Å². The number of carbonyl (C=O) groups excluding carboxylic acids is 3. The lowest BCUT2D eigenvalue weighted by Crippen LogP contribution is -2.30. The van der Waals surface area contributed by atoms with Gasteiger partial charge in [-0.15, -0.1) is 0 Å². The highest BCUT2D eigenvalue weighted by atomic mass is 16.6. The first-order valence-electron chi connectivity index (χ1n) is 19.8. The molecule has 0 aromatic heterocycles. The Morgan fingerprint density at radius 1 is 0.426 bits per heavy atom. The van der Waals surface area contributed by atoms with Crippen molar-refractivity contribution in [3.8, 4) is 0 Å². The number of rotatable bonds is 35. The lowest BCUT2D eigenvalue weighted by atomic mass is 10.1. The van der Waals surface area contributed by atoms with E-state index in [1.165, 1.54) is 77.0 Å². The summed E-state index contributed by atoms with van der Waals surface area (Å²) in [5.74, 6) is -0.908. The zero-order valence-electron chi connectivity index (χ0n) is 31.0. The average molecular weight is 663 g/mol. The molecule has 0 fully saturated rings. The van der Waals surface area contributed by atoms with Crippen molar-refractivity contribution in [2.24, 2.45) is 0 Å². The van der Waals surface area contributed by atoms with Crippen LogP contribution in [0.2, 0.25) is 0 Å². The maximum absolute atomic E-state index is 12.4. The molecule has 0 aromatic rings. The fraction of sp³-hybridized carbons (Fsp3) is 0.829. The molecule has 0 bridgehead atoms. The number of carbonyl (C=O) groups is 3. The van der Waals surface area contributed by atoms with E-state index in [0.717, 1.165) is 83.5 Å². The van der Waals surface area contributed by atoms with Gasteiger partial charge >= 0.3 is 17.9 Å². The van der Waals surface area contributed by atoms with Gasteiger partial charge in [-0.25, -0.2) is 0 Å². The maximum Gasteiger partial charge on any atom is 0.306 e. The molecule has 274 valence electrons. The van der Waals surface area contributed by atoms with Crippen LogP contribution in [-0.2, 0) is 28.6 Å². The molecule has 0 radical (unpaired) electrons. The van der Waals surface area contributed by atoms with Crippen molar-refractivity contribution >= 4 is 17.9 Å². The van der Waals surface area contributed by atoms with Crippen LogP contribution in [-0.4, -0.2) is 37.2 Å². The van der Waals surface area contributed by atoms with Gasteiger partial charge in [-0.1, -0.05) is 154 Å². The Balaban J connectivity index is 4.04. The van der Waals surface area contributed by atoms with E-state index in [4.69, 9.17) is 14.2 Å². The summed E-state index contributed by atoms with van der Waals surface area (Å²) in [6.07, 6.45) is 38.0. The molecule has 1 unspecified atom stereocenters. The van der Waals surface area contributed by atoms with E-state index in [1.54, 1.807) is 0 Å². The Labute approximate surface area is 290 Å². The van der Waals surface area contributed by atoms with Crippen LogP contribution in [0.25, 0.3) is 0 Å². The fourth-order valence-corrected chi connectivity index (χ4v) is 5.41. The summed E-state index contributed by atoms with van der Waals surface area (Å²) in [6, 6.07) is 0. The summed E-state index contributed by atoms with van der Waals surface area (Å²) in [5.41, 5.74) is 0. The van der Waals surface area contributed by atoms with E-state index in [-0.39, 0.29) is 31.1 Å². The molecule has 6 nitrogen and oxygen atoms in total. The monoisotopic (exact) mass is 663 g/mol. The maximum atomic E-state index is 12.4. The van der Waals surface area contributed by atoms with Gasteiger partial charge in [0.15, 0.2) is 6.10 Å². The summed E-state index contributed by atoms with van der Waals surface area (Å²) in [4.78, 5) is 37.0. The van der Waals surface area contributed by atoms with Gasteiger partial charge in [0.25, 0.3) is 0 Å². The predicted octanol–water partition coefficient (Wildman–Crippen LogP) is 12.1. The van der Waals surface area contributed by atoms with Crippen LogP contribution in [0.4, 0.5) is 0 Å². The van der Waals surface area contributed by atoms with E-state index < -0.39 is 6.10 Å². The van der Waals surface area contributed by atoms with E-state index in [2.05, 4.69) is 45.1 Å². The van der Waals surface area contributed by atoms with E-state index in [0.29, 0.717) is 19.3 Å². The molecule has 0 aromatic carbocycles. The molecule has 47 heavy (non-hydrogen) atoms. The molecule has 0 heterocycles. The lowest BCUT2D eigenvalue weighted by molar-refractivity contribution is -0.167. The summed E-state index contributed by atoms with van der Waals surface area (Å²) < 4.78 is 16.4. The third-order valence-electron chi connectivity index (χ3n) is 8.46. The van der Waals surface area contributed by atoms with Crippen LogP contribution in [0.5, 0.6) is 0 Å². The van der Waals surface area contributed by atoms with Crippen LogP contribution < -0.4 is 0 Å². The summed E-state index contributed by atoms with van der Waals surface area (Å²) >= 11 is 0. The average Bonchev–Trinajstić information content (AvgIpc) is 3.06. The standard InChI is InChI=1S/C41H74O6/c1-4-7-10-13-14-15-16-17-18-19-20-21-22-23-24-25-26-29-31-34-40(43)46-37-38(47-41(44)35-32-28-12-9-6-3)36-45-39(42)33-30-27-11-8-5-2/h14-15,17-18,38H,4-13,16,19-37H2,1-3H3/b15-14-,18-17-. The SMILES string of the molecule is CCCCC/C=C\C/C=C\CCCCCCCCCCCC(=O)OCC(COC(=O)CCCCCCC)OC(=O)CCCCCCC. The smallest absolute Gasteiger partial charge is 0.306 e. The minimum Gasteiger partial charge on any atom is -0.462 e. The van der Waals surface area contributed by atoms with Crippen molar-refractivity contribution in [1.82, 2.24) is 0 Å². The highest BCUT2D eigenvalue weighted by Crippen LogP contribution is 2.13. The summed E-state index contributed by atoms with van der Waals surface area (Å²) in [6.45, 7) is 6.42. The molecule has 0 rings (SSSR count). The fourth-order valence-electron chi connectivity index (χ4n) is 5.41. The molecule has 0 aliphatic carbocycles. The van der Waals surface area contributed by atoms with E-state index >= 15 is 0 Å². The van der Waals surface area contributed by atoms with Crippen molar-refractivity contribution in [1.29, 1.82) is 0 Å². The Bertz CT molecular complexity index is 774. The number of ether oxygens (including phenoxy) is 3. The van der Waals surface area contributed by atoms with Gasteiger partial charge in [0.1, 0.15) is 13.2 Å². The lowest BCUT2D eigenvalue weighted by Gasteiger charge is -2.18. The van der Waals surface area contributed by atoms with Crippen LogP contribution in [0, 0.1) is 0 Å². The predicted molar refractivity (Wildman–Crippen MR) is 196 cm³/mol. The Morgan fingerprint density at radius 2 is 0.766 bits per heavy atom. The van der Waals surface area contributed by atoms with Crippen LogP contribution >= 0.6 is 0 Å². The third kappa shape index (κ3) is 35.0. The highest BCUT2D eigenvalue weighted by Gasteiger charge is 2.19. The second-order valence-corrected chi connectivity index (χ2v) is 13.2. The van der Waals surface area contributed by atoms with Gasteiger partial charge in [-0.05, 0) is 51.4 Å². The van der Waals surface area contributed by atoms with Crippen molar-refractivity contribution in [2.75, 3.05) is 13.2 Å². The first-order valence-corrected chi connectivity index (χ1v) is 19.8. The molecule has 0 aliphatic rings. The number of hydrogen-bond donors (Lipinski definition) is 0. The van der Waals surface area contributed by atoms with Gasteiger partial charge in [-0.2, -0.15) is 0 Å². The Hall–Kier alpha value is -2.11. The minimum absolute atomic E-state index is 0.0732. The number of esters is 3. The molecule has 0 saturated carbocycles. The van der Waals surface area contributed by atoms with Gasteiger partial charge in [0.2, 0.25) is 0 Å². The largest absolute Gasteiger partial charge is 0.462 e. The molecule has 0 spiro atoms. The van der Waals surface area contributed by atoms with E-state index in [1.807, 2.05) is 0 Å². The zero-order valence-corrected chi connectivity index (χ0v) is 31.0. The quantitative estimate of drug-likeness (QED) is 0.0291. The molecule has 0 saturated heterocycles. The zero-order chi connectivity index (χ0) is 34.5. The first kappa shape index (κ1) is 44.9. The highest BCUT2D eigenvalue weighted by molar-refractivity contribution is 5.71. The summed E-state index contributed by atoms with van der Waals surface area (Å²) in [5, 5.41) is 0. The van der Waals surface area contributed by atoms with Gasteiger partial charge in [-0.3, -0.25) is 14.4 Å². The molecule has 6 heteroatoms. The minimum atomic E-state index is -0.760. The first-order chi connectivity index (χ1) is 23.0. The normalized spacial score (nSPS) is 12.1. The van der Waals surface area contributed by atoms with Gasteiger partial charge in [0, 0.05) is 19.3 Å². The third-order valence-corrected chi connectivity index (χ3v) is 8.46. The molecule has 0 aliphatic heterocycles. The number of hydrogen-bond acceptors (Lipinski definition) is 6. The Morgan fingerprint density at radius 3 is 1.21 bits per heavy atom. The molecule has 0 N–H and O–H groups in total. The van der Waals surface area contributed by atoms with Crippen molar-refractivity contribution in [3.05, 3.63) is 24.3 Å². The van der Waals surface area contributed by atoms with Crippen molar-refractivity contribution in [3.63, 3.8) is 0 Å². The topological polar surface area (TPSA) is 78.9 Å². The van der Waals surface area contributed by atoms with Crippen LogP contribution in [0.3, 0.4) is 0 Å². The molecule has 0 amide bonds. The second-order valence-electron chi connectivity index (χ2n) is 13.2. The van der Waals surface area contributed by atoms with Crippen molar-refractivity contribution < 1.29 is 28.6 Å². The van der Waals surface area contributed by atoms with Crippen LogP contribution in [0.15, 0.2) is 24.3 Å². The molecular formula is C41H74O6. The number of allylic oxidation sites excluding steroid dienone is 4. The van der Waals surface area contributed by atoms with Gasteiger partial charge < -0.3 is 14.2 Å². The van der Waals surface area contributed by atoms with E-state index in [9.17, 15) is 14.4 Å². The van der Waals surface area contributed by atoms with Gasteiger partial charge in [0.05, 0.1) is 0 Å². The molecule has 1 atom stereocenters. The number of unbranched alkanes of at least 4 members (excludes halogenated alkanes) is 20. The second kappa shape index (κ2) is 36.7. The Kier molecular flexibility index (Phi) is 35.1. The summed E-state index contributed by atoms with van der Waals surface area (Å²) in [7, 11) is 0. The molecular weight excluding hydrogens is 588 g/mol. The van der Waals surface area contributed by atoms with Crippen LogP contribution in [0.1, 0.15) is 201 Å².